The zero-order valence-corrected chi connectivity index (χ0v) is 10.0. The van der Waals surface area contributed by atoms with Crippen LogP contribution in [-0.4, -0.2) is 5.78 Å². The standard InChI is InChI=1S/C14H22O/c1-5-12(15)8-9-13-11(2)7-6-10-14(13,3)4/h5,13H,1-2,6-10H2,3-4H3. The van der Waals surface area contributed by atoms with Gasteiger partial charge in [0.15, 0.2) is 5.78 Å². The number of carbonyl (C=O) groups is 1. The van der Waals surface area contributed by atoms with Gasteiger partial charge in [0.05, 0.1) is 0 Å². The molecule has 0 amide bonds. The van der Waals surface area contributed by atoms with E-state index in [4.69, 9.17) is 0 Å². The van der Waals surface area contributed by atoms with Crippen molar-refractivity contribution < 1.29 is 4.79 Å². The van der Waals surface area contributed by atoms with Crippen molar-refractivity contribution in [3.63, 3.8) is 0 Å². The third kappa shape index (κ3) is 3.05. The lowest BCUT2D eigenvalue weighted by atomic mass is 9.65. The van der Waals surface area contributed by atoms with Crippen LogP contribution in [0.4, 0.5) is 0 Å². The average molecular weight is 206 g/mol. The lowest BCUT2D eigenvalue weighted by molar-refractivity contribution is -0.115. The largest absolute Gasteiger partial charge is 0.295 e. The molecule has 0 aromatic carbocycles. The molecule has 1 heteroatoms. The molecule has 0 aromatic rings. The lowest BCUT2D eigenvalue weighted by Gasteiger charge is -2.40. The number of hydrogen-bond acceptors (Lipinski definition) is 1. The smallest absolute Gasteiger partial charge is 0.155 e. The Morgan fingerprint density at radius 2 is 2.27 bits per heavy atom. The minimum atomic E-state index is 0.157. The van der Waals surface area contributed by atoms with Crippen molar-refractivity contribution in [3.8, 4) is 0 Å². The molecule has 84 valence electrons. The molecular formula is C14H22O. The van der Waals surface area contributed by atoms with Crippen molar-refractivity contribution in [2.45, 2.75) is 46.0 Å². The summed E-state index contributed by atoms with van der Waals surface area (Å²) in [5.74, 6) is 0.666. The van der Waals surface area contributed by atoms with Gasteiger partial charge in [-0.2, -0.15) is 0 Å². The van der Waals surface area contributed by atoms with Gasteiger partial charge in [-0.25, -0.2) is 0 Å². The Labute approximate surface area is 93.3 Å². The molecule has 1 unspecified atom stereocenters. The van der Waals surface area contributed by atoms with Crippen LogP contribution >= 0.6 is 0 Å². The van der Waals surface area contributed by atoms with E-state index >= 15 is 0 Å². The molecule has 1 nitrogen and oxygen atoms in total. The first kappa shape index (κ1) is 12.2. The van der Waals surface area contributed by atoms with Crippen LogP contribution < -0.4 is 0 Å². The molecule has 1 atom stereocenters. The van der Waals surface area contributed by atoms with Crippen LogP contribution in [0.1, 0.15) is 46.0 Å². The maximum absolute atomic E-state index is 11.2. The molecule has 1 saturated carbocycles. The Morgan fingerprint density at radius 3 is 2.80 bits per heavy atom. The summed E-state index contributed by atoms with van der Waals surface area (Å²) in [6, 6.07) is 0. The van der Waals surface area contributed by atoms with Gasteiger partial charge in [0.25, 0.3) is 0 Å². The van der Waals surface area contributed by atoms with Crippen LogP contribution in [0.3, 0.4) is 0 Å². The Balaban J connectivity index is 2.59. The fourth-order valence-electron chi connectivity index (χ4n) is 2.66. The minimum Gasteiger partial charge on any atom is -0.295 e. The van der Waals surface area contributed by atoms with E-state index in [1.807, 2.05) is 0 Å². The zero-order valence-electron chi connectivity index (χ0n) is 10.0. The van der Waals surface area contributed by atoms with Gasteiger partial charge < -0.3 is 0 Å². The summed E-state index contributed by atoms with van der Waals surface area (Å²) in [4.78, 5) is 11.2. The van der Waals surface area contributed by atoms with Crippen LogP contribution in [0.25, 0.3) is 0 Å². The van der Waals surface area contributed by atoms with Crippen LogP contribution in [0, 0.1) is 11.3 Å². The normalized spacial score (nSPS) is 24.9. The Bertz CT molecular complexity index is 273. The van der Waals surface area contributed by atoms with Gasteiger partial charge in [-0.05, 0) is 43.1 Å². The maximum Gasteiger partial charge on any atom is 0.155 e. The average Bonchev–Trinajstić information content (AvgIpc) is 2.15. The summed E-state index contributed by atoms with van der Waals surface area (Å²) in [7, 11) is 0. The Morgan fingerprint density at radius 1 is 1.60 bits per heavy atom. The van der Waals surface area contributed by atoms with Crippen LogP contribution in [0.2, 0.25) is 0 Å². The van der Waals surface area contributed by atoms with Gasteiger partial charge in [0.1, 0.15) is 0 Å². The van der Waals surface area contributed by atoms with Crippen LogP contribution in [-0.2, 0) is 4.79 Å². The van der Waals surface area contributed by atoms with E-state index in [9.17, 15) is 4.79 Å². The third-order valence-electron chi connectivity index (χ3n) is 3.66. The van der Waals surface area contributed by atoms with Gasteiger partial charge in [-0.15, -0.1) is 0 Å². The Kier molecular flexibility index (Phi) is 3.90. The predicted octanol–water partition coefficient (Wildman–Crippen LogP) is 3.90. The maximum atomic E-state index is 11.2. The van der Waals surface area contributed by atoms with E-state index in [0.29, 0.717) is 17.8 Å². The van der Waals surface area contributed by atoms with Crippen LogP contribution in [0.15, 0.2) is 24.8 Å². The highest BCUT2D eigenvalue weighted by Crippen LogP contribution is 2.45. The quantitative estimate of drug-likeness (QED) is 0.503. The molecule has 0 bridgehead atoms. The molecule has 15 heavy (non-hydrogen) atoms. The van der Waals surface area contributed by atoms with Crippen molar-refractivity contribution in [1.29, 1.82) is 0 Å². The molecule has 0 aromatic heterocycles. The first-order chi connectivity index (χ1) is 6.97. The first-order valence-electron chi connectivity index (χ1n) is 5.80. The number of allylic oxidation sites excluding steroid dienone is 2. The molecule has 1 aliphatic carbocycles. The molecular weight excluding hydrogens is 184 g/mol. The molecule has 1 rings (SSSR count). The summed E-state index contributed by atoms with van der Waals surface area (Å²) in [5.41, 5.74) is 1.65. The predicted molar refractivity (Wildman–Crippen MR) is 64.7 cm³/mol. The zero-order chi connectivity index (χ0) is 11.5. The summed E-state index contributed by atoms with van der Waals surface area (Å²) in [5, 5.41) is 0. The summed E-state index contributed by atoms with van der Waals surface area (Å²) in [6.07, 6.45) is 6.62. The molecule has 0 aliphatic heterocycles. The second-order valence-corrected chi connectivity index (χ2v) is 5.26. The molecule has 0 spiro atoms. The number of carbonyl (C=O) groups excluding carboxylic acids is 1. The molecule has 0 N–H and O–H groups in total. The van der Waals surface area contributed by atoms with E-state index in [1.54, 1.807) is 0 Å². The highest BCUT2D eigenvalue weighted by molar-refractivity contribution is 5.88. The number of hydrogen-bond donors (Lipinski definition) is 0. The molecule has 0 heterocycles. The molecule has 1 fully saturated rings. The van der Waals surface area contributed by atoms with Crippen molar-refractivity contribution in [1.82, 2.24) is 0 Å². The van der Waals surface area contributed by atoms with Gasteiger partial charge in [-0.1, -0.05) is 32.6 Å². The van der Waals surface area contributed by atoms with E-state index in [-0.39, 0.29) is 5.78 Å². The Hall–Kier alpha value is -0.850. The second-order valence-electron chi connectivity index (χ2n) is 5.26. The monoisotopic (exact) mass is 206 g/mol. The van der Waals surface area contributed by atoms with E-state index < -0.39 is 0 Å². The number of ketones is 1. The van der Waals surface area contributed by atoms with Crippen molar-refractivity contribution in [3.05, 3.63) is 24.8 Å². The van der Waals surface area contributed by atoms with Crippen molar-refractivity contribution in [2.75, 3.05) is 0 Å². The third-order valence-corrected chi connectivity index (χ3v) is 3.66. The van der Waals surface area contributed by atoms with Gasteiger partial charge >= 0.3 is 0 Å². The topological polar surface area (TPSA) is 17.1 Å². The van der Waals surface area contributed by atoms with Gasteiger partial charge in [0.2, 0.25) is 0 Å². The fourth-order valence-corrected chi connectivity index (χ4v) is 2.66. The molecule has 0 radical (unpaired) electrons. The highest BCUT2D eigenvalue weighted by atomic mass is 16.1. The summed E-state index contributed by atoms with van der Waals surface area (Å²) in [6.45, 7) is 12.2. The SMILES string of the molecule is C=CC(=O)CCC1C(=C)CCCC1(C)C. The van der Waals surface area contributed by atoms with Crippen LogP contribution in [0.5, 0.6) is 0 Å². The minimum absolute atomic E-state index is 0.157. The van der Waals surface area contributed by atoms with Crippen molar-refractivity contribution >= 4 is 5.78 Å². The second kappa shape index (κ2) is 4.78. The summed E-state index contributed by atoms with van der Waals surface area (Å²) < 4.78 is 0. The summed E-state index contributed by atoms with van der Waals surface area (Å²) >= 11 is 0. The van der Waals surface area contributed by atoms with E-state index in [1.165, 1.54) is 24.5 Å². The first-order valence-corrected chi connectivity index (χ1v) is 5.80. The van der Waals surface area contributed by atoms with E-state index in [2.05, 4.69) is 27.0 Å². The van der Waals surface area contributed by atoms with E-state index in [0.717, 1.165) is 12.8 Å². The lowest BCUT2D eigenvalue weighted by Crippen LogP contribution is -2.29. The molecule has 1 aliphatic rings. The highest BCUT2D eigenvalue weighted by Gasteiger charge is 2.34. The van der Waals surface area contributed by atoms with Crippen molar-refractivity contribution in [2.24, 2.45) is 11.3 Å². The fraction of sp³-hybridized carbons (Fsp3) is 0.643. The molecule has 0 saturated heterocycles. The number of rotatable bonds is 4. The van der Waals surface area contributed by atoms with Gasteiger partial charge in [0, 0.05) is 6.42 Å². The van der Waals surface area contributed by atoms with Gasteiger partial charge in [-0.3, -0.25) is 4.79 Å².